The van der Waals surface area contributed by atoms with Crippen LogP contribution in [-0.4, -0.2) is 14.7 Å². The molecule has 1 aromatic carbocycles. The normalized spacial score (nSPS) is 14.2. The number of fused-ring (bicyclic) bond motifs is 1. The Morgan fingerprint density at radius 1 is 1.39 bits per heavy atom. The van der Waals surface area contributed by atoms with Gasteiger partial charge in [-0.25, -0.2) is 9.37 Å². The maximum Gasteiger partial charge on any atom is 0.152 e. The molecule has 0 bridgehead atoms. The SMILES string of the molecule is C[C@H](O)c1nc2c(F)cc(Br)cc2n1C(C)(C)C. The number of halogens is 2. The second-order valence-corrected chi connectivity index (χ2v) is 6.32. The van der Waals surface area contributed by atoms with Gasteiger partial charge in [-0.2, -0.15) is 0 Å². The first-order valence-electron chi connectivity index (χ1n) is 5.77. The molecule has 0 spiro atoms. The predicted molar refractivity (Wildman–Crippen MR) is 73.0 cm³/mol. The van der Waals surface area contributed by atoms with Crippen LogP contribution in [0, 0.1) is 5.82 Å². The number of aromatic nitrogens is 2. The standard InChI is InChI=1S/C13H16BrFN2O/c1-7(18)12-16-11-9(15)5-8(14)6-10(11)17(12)13(2,3)4/h5-7,18H,1-4H3/t7-/m0/s1. The van der Waals surface area contributed by atoms with Gasteiger partial charge in [0.1, 0.15) is 17.4 Å². The van der Waals surface area contributed by atoms with Crippen molar-refractivity contribution in [2.45, 2.75) is 39.3 Å². The van der Waals surface area contributed by atoms with Crippen molar-refractivity contribution in [2.75, 3.05) is 0 Å². The molecule has 98 valence electrons. The van der Waals surface area contributed by atoms with Gasteiger partial charge in [-0.15, -0.1) is 0 Å². The van der Waals surface area contributed by atoms with Crippen molar-refractivity contribution in [1.29, 1.82) is 0 Å². The number of aliphatic hydroxyl groups is 1. The fourth-order valence-corrected chi connectivity index (χ4v) is 2.52. The van der Waals surface area contributed by atoms with E-state index in [1.165, 1.54) is 6.07 Å². The second kappa shape index (κ2) is 4.31. The van der Waals surface area contributed by atoms with Crippen molar-refractivity contribution in [3.63, 3.8) is 0 Å². The zero-order valence-corrected chi connectivity index (χ0v) is 12.4. The first-order chi connectivity index (χ1) is 8.21. The van der Waals surface area contributed by atoms with Crippen LogP contribution in [0.3, 0.4) is 0 Å². The van der Waals surface area contributed by atoms with Crippen LogP contribution in [0.1, 0.15) is 39.6 Å². The topological polar surface area (TPSA) is 38.1 Å². The summed E-state index contributed by atoms with van der Waals surface area (Å²) in [5.41, 5.74) is 0.697. The summed E-state index contributed by atoms with van der Waals surface area (Å²) in [6.07, 6.45) is -0.741. The summed E-state index contributed by atoms with van der Waals surface area (Å²) in [6, 6.07) is 3.21. The van der Waals surface area contributed by atoms with Gasteiger partial charge in [-0.05, 0) is 39.8 Å². The Labute approximate surface area is 114 Å². The van der Waals surface area contributed by atoms with Crippen molar-refractivity contribution in [3.8, 4) is 0 Å². The molecular weight excluding hydrogens is 299 g/mol. The number of hydrogen-bond acceptors (Lipinski definition) is 2. The number of aliphatic hydroxyl groups excluding tert-OH is 1. The molecule has 1 atom stereocenters. The van der Waals surface area contributed by atoms with Gasteiger partial charge in [0.15, 0.2) is 5.82 Å². The molecule has 1 heterocycles. The van der Waals surface area contributed by atoms with E-state index >= 15 is 0 Å². The van der Waals surface area contributed by atoms with Crippen LogP contribution in [0.5, 0.6) is 0 Å². The summed E-state index contributed by atoms with van der Waals surface area (Å²) >= 11 is 3.29. The molecule has 0 aliphatic rings. The van der Waals surface area contributed by atoms with E-state index in [0.29, 0.717) is 21.3 Å². The number of hydrogen-bond donors (Lipinski definition) is 1. The van der Waals surface area contributed by atoms with Gasteiger partial charge in [0.05, 0.1) is 5.52 Å². The first-order valence-corrected chi connectivity index (χ1v) is 6.57. The lowest BCUT2D eigenvalue weighted by Crippen LogP contribution is -2.25. The van der Waals surface area contributed by atoms with E-state index in [1.54, 1.807) is 6.92 Å². The summed E-state index contributed by atoms with van der Waals surface area (Å²) in [6.45, 7) is 7.63. The van der Waals surface area contributed by atoms with Crippen LogP contribution in [0.25, 0.3) is 11.0 Å². The highest BCUT2D eigenvalue weighted by atomic mass is 79.9. The molecule has 1 aromatic heterocycles. The minimum atomic E-state index is -0.741. The van der Waals surface area contributed by atoms with Crippen molar-refractivity contribution >= 4 is 27.0 Å². The molecule has 0 saturated carbocycles. The summed E-state index contributed by atoms with van der Waals surface area (Å²) < 4.78 is 16.4. The number of rotatable bonds is 1. The van der Waals surface area contributed by atoms with E-state index in [2.05, 4.69) is 20.9 Å². The summed E-state index contributed by atoms with van der Waals surface area (Å²) in [5, 5.41) is 9.81. The quantitative estimate of drug-likeness (QED) is 0.870. The molecular formula is C13H16BrFN2O. The molecule has 18 heavy (non-hydrogen) atoms. The summed E-state index contributed by atoms with van der Waals surface area (Å²) in [7, 11) is 0. The minimum Gasteiger partial charge on any atom is -0.385 e. The number of benzene rings is 1. The molecule has 0 aliphatic carbocycles. The molecule has 2 aromatic rings. The van der Waals surface area contributed by atoms with Crippen LogP contribution in [-0.2, 0) is 5.54 Å². The van der Waals surface area contributed by atoms with Gasteiger partial charge in [0, 0.05) is 10.0 Å². The summed E-state index contributed by atoms with van der Waals surface area (Å²) in [5.74, 6) is 0.0961. The smallest absolute Gasteiger partial charge is 0.152 e. The Bertz CT molecular complexity index is 599. The lowest BCUT2D eigenvalue weighted by atomic mass is 10.1. The van der Waals surface area contributed by atoms with Crippen LogP contribution < -0.4 is 0 Å². The Hall–Kier alpha value is -0.940. The fraction of sp³-hybridized carbons (Fsp3) is 0.462. The molecule has 0 fully saturated rings. The molecule has 5 heteroatoms. The summed E-state index contributed by atoms with van der Waals surface area (Å²) in [4.78, 5) is 4.24. The molecule has 1 N–H and O–H groups in total. The molecule has 0 unspecified atom stereocenters. The van der Waals surface area contributed by atoms with E-state index in [4.69, 9.17) is 0 Å². The molecule has 0 radical (unpaired) electrons. The third-order valence-corrected chi connectivity index (χ3v) is 3.21. The van der Waals surface area contributed by atoms with Crippen LogP contribution in [0.4, 0.5) is 4.39 Å². The van der Waals surface area contributed by atoms with Gasteiger partial charge in [0.2, 0.25) is 0 Å². The zero-order chi connectivity index (χ0) is 13.7. The Kier molecular flexibility index (Phi) is 3.23. The highest BCUT2D eigenvalue weighted by molar-refractivity contribution is 9.10. The molecule has 0 aliphatic heterocycles. The number of imidazole rings is 1. The van der Waals surface area contributed by atoms with Crippen molar-refractivity contribution < 1.29 is 9.50 Å². The zero-order valence-electron chi connectivity index (χ0n) is 10.8. The Balaban J connectivity index is 2.90. The Morgan fingerprint density at radius 3 is 2.50 bits per heavy atom. The second-order valence-electron chi connectivity index (χ2n) is 5.41. The molecule has 2 rings (SSSR count). The predicted octanol–water partition coefficient (Wildman–Crippen LogP) is 3.75. The van der Waals surface area contributed by atoms with E-state index in [0.717, 1.165) is 0 Å². The third-order valence-electron chi connectivity index (χ3n) is 2.75. The maximum absolute atomic E-state index is 13.9. The maximum atomic E-state index is 13.9. The first kappa shape index (κ1) is 13.5. The number of nitrogens with zero attached hydrogens (tertiary/aromatic N) is 2. The lowest BCUT2D eigenvalue weighted by Gasteiger charge is -2.25. The highest BCUT2D eigenvalue weighted by Crippen LogP contribution is 2.31. The van der Waals surface area contributed by atoms with Crippen LogP contribution in [0.15, 0.2) is 16.6 Å². The van der Waals surface area contributed by atoms with Crippen molar-refractivity contribution in [1.82, 2.24) is 9.55 Å². The van der Waals surface area contributed by atoms with Gasteiger partial charge in [-0.1, -0.05) is 15.9 Å². The van der Waals surface area contributed by atoms with E-state index in [-0.39, 0.29) is 11.4 Å². The van der Waals surface area contributed by atoms with Crippen LogP contribution in [0.2, 0.25) is 0 Å². The van der Waals surface area contributed by atoms with Crippen molar-refractivity contribution in [2.24, 2.45) is 0 Å². The van der Waals surface area contributed by atoms with Gasteiger partial charge in [0.25, 0.3) is 0 Å². The van der Waals surface area contributed by atoms with Gasteiger partial charge in [-0.3, -0.25) is 0 Å². The van der Waals surface area contributed by atoms with Crippen LogP contribution >= 0.6 is 15.9 Å². The van der Waals surface area contributed by atoms with E-state index in [9.17, 15) is 9.50 Å². The third kappa shape index (κ3) is 2.17. The molecule has 0 amide bonds. The minimum absolute atomic E-state index is 0.283. The van der Waals surface area contributed by atoms with Crippen molar-refractivity contribution in [3.05, 3.63) is 28.2 Å². The Morgan fingerprint density at radius 2 is 2.00 bits per heavy atom. The van der Waals surface area contributed by atoms with E-state index in [1.807, 2.05) is 31.4 Å². The molecule has 3 nitrogen and oxygen atoms in total. The lowest BCUT2D eigenvalue weighted by molar-refractivity contribution is 0.176. The monoisotopic (exact) mass is 314 g/mol. The largest absolute Gasteiger partial charge is 0.385 e. The van der Waals surface area contributed by atoms with Gasteiger partial charge >= 0.3 is 0 Å². The van der Waals surface area contributed by atoms with E-state index < -0.39 is 6.10 Å². The molecule has 0 saturated heterocycles. The fourth-order valence-electron chi connectivity index (χ4n) is 2.11. The van der Waals surface area contributed by atoms with Gasteiger partial charge < -0.3 is 9.67 Å². The average molecular weight is 315 g/mol. The highest BCUT2D eigenvalue weighted by Gasteiger charge is 2.25. The average Bonchev–Trinajstić information content (AvgIpc) is 2.56.